The lowest BCUT2D eigenvalue weighted by Crippen LogP contribution is -2.30. The van der Waals surface area contributed by atoms with Crippen LogP contribution in [0.25, 0.3) is 10.8 Å². The second kappa shape index (κ2) is 9.84. The minimum atomic E-state index is -3.66. The van der Waals surface area contributed by atoms with Gasteiger partial charge in [0.05, 0.1) is 4.90 Å². The van der Waals surface area contributed by atoms with Gasteiger partial charge in [-0.2, -0.15) is 0 Å². The number of carbonyl (C=O) groups is 1. The lowest BCUT2D eigenvalue weighted by atomic mass is 10.1. The summed E-state index contributed by atoms with van der Waals surface area (Å²) in [6.07, 6.45) is 0.0749. The summed E-state index contributed by atoms with van der Waals surface area (Å²) < 4.78 is 27.5. The van der Waals surface area contributed by atoms with Gasteiger partial charge in [0, 0.05) is 26.1 Å². The smallest absolute Gasteiger partial charge is 0.240 e. The van der Waals surface area contributed by atoms with Gasteiger partial charge in [0.25, 0.3) is 0 Å². The number of nitrogens with one attached hydrogen (secondary N) is 2. The molecular weight excluding hydrogens is 398 g/mol. The largest absolute Gasteiger partial charge is 0.352 e. The van der Waals surface area contributed by atoms with Crippen molar-refractivity contribution in [3.63, 3.8) is 0 Å². The van der Waals surface area contributed by atoms with E-state index in [9.17, 15) is 13.2 Å². The van der Waals surface area contributed by atoms with Crippen LogP contribution in [-0.2, 0) is 27.9 Å². The lowest BCUT2D eigenvalue weighted by molar-refractivity contribution is -0.121. The number of rotatable bonds is 9. The van der Waals surface area contributed by atoms with Gasteiger partial charge in [0.2, 0.25) is 15.9 Å². The van der Waals surface area contributed by atoms with Crippen LogP contribution in [-0.4, -0.2) is 39.9 Å². The highest BCUT2D eigenvalue weighted by Crippen LogP contribution is 2.18. The van der Waals surface area contributed by atoms with E-state index in [4.69, 9.17) is 0 Å². The van der Waals surface area contributed by atoms with Crippen LogP contribution in [0, 0.1) is 0 Å². The molecule has 6 nitrogen and oxygen atoms in total. The molecule has 0 spiro atoms. The first-order valence-corrected chi connectivity index (χ1v) is 11.3. The summed E-state index contributed by atoms with van der Waals surface area (Å²) in [5, 5.41) is 4.66. The molecule has 0 atom stereocenters. The number of sulfonamides is 1. The fourth-order valence-electron chi connectivity index (χ4n) is 3.13. The molecule has 2 N–H and O–H groups in total. The molecule has 0 bridgehead atoms. The second-order valence-electron chi connectivity index (χ2n) is 7.49. The number of amides is 1. The molecule has 0 aromatic heterocycles. The molecule has 0 unspecified atom stereocenters. The Morgan fingerprint density at radius 3 is 2.27 bits per heavy atom. The predicted molar refractivity (Wildman–Crippen MR) is 119 cm³/mol. The van der Waals surface area contributed by atoms with Gasteiger partial charge in [0.15, 0.2) is 0 Å². The average Bonchev–Trinajstić information content (AvgIpc) is 2.72. The van der Waals surface area contributed by atoms with Gasteiger partial charge in [-0.15, -0.1) is 0 Å². The van der Waals surface area contributed by atoms with Crippen molar-refractivity contribution in [3.05, 3.63) is 77.9 Å². The first kappa shape index (κ1) is 22.0. The lowest BCUT2D eigenvalue weighted by Gasteiger charge is -2.11. The van der Waals surface area contributed by atoms with Crippen molar-refractivity contribution in [2.75, 3.05) is 20.6 Å². The van der Waals surface area contributed by atoms with E-state index in [0.717, 1.165) is 22.9 Å². The Morgan fingerprint density at radius 1 is 0.900 bits per heavy atom. The molecular formula is C23H27N3O3S. The maximum absolute atomic E-state index is 12.5. The molecule has 0 aliphatic carbocycles. The maximum Gasteiger partial charge on any atom is 0.240 e. The molecule has 0 fully saturated rings. The maximum atomic E-state index is 12.5. The molecule has 0 aliphatic heterocycles. The minimum absolute atomic E-state index is 0.0444. The third kappa shape index (κ3) is 6.13. The fourth-order valence-corrected chi connectivity index (χ4v) is 4.20. The highest BCUT2D eigenvalue weighted by Gasteiger charge is 2.14. The summed E-state index contributed by atoms with van der Waals surface area (Å²) in [5.41, 5.74) is 2.21. The Hall–Kier alpha value is -2.74. The monoisotopic (exact) mass is 425 g/mol. The Morgan fingerprint density at radius 2 is 1.57 bits per heavy atom. The van der Waals surface area contributed by atoms with Gasteiger partial charge >= 0.3 is 0 Å². The molecule has 0 saturated heterocycles. The van der Waals surface area contributed by atoms with Crippen LogP contribution in [0.5, 0.6) is 0 Å². The molecule has 30 heavy (non-hydrogen) atoms. The number of nitrogens with zero attached hydrogens (tertiary/aromatic N) is 1. The summed E-state index contributed by atoms with van der Waals surface area (Å²) in [5.74, 6) is -0.200. The summed E-state index contributed by atoms with van der Waals surface area (Å²) >= 11 is 0. The fraction of sp³-hybridized carbons (Fsp3) is 0.261. The van der Waals surface area contributed by atoms with Crippen molar-refractivity contribution in [2.45, 2.75) is 24.4 Å². The number of benzene rings is 3. The van der Waals surface area contributed by atoms with E-state index in [1.54, 1.807) is 18.2 Å². The minimum Gasteiger partial charge on any atom is -0.352 e. The van der Waals surface area contributed by atoms with E-state index in [0.29, 0.717) is 6.54 Å². The van der Waals surface area contributed by atoms with Crippen molar-refractivity contribution in [3.8, 4) is 0 Å². The zero-order chi connectivity index (χ0) is 21.6. The second-order valence-corrected chi connectivity index (χ2v) is 9.25. The van der Waals surface area contributed by atoms with Crippen LogP contribution in [0.1, 0.15) is 17.5 Å². The summed E-state index contributed by atoms with van der Waals surface area (Å²) in [4.78, 5) is 14.4. The van der Waals surface area contributed by atoms with E-state index in [2.05, 4.69) is 14.9 Å². The molecule has 7 heteroatoms. The van der Waals surface area contributed by atoms with E-state index in [1.165, 1.54) is 5.56 Å². The highest BCUT2D eigenvalue weighted by molar-refractivity contribution is 7.89. The zero-order valence-electron chi connectivity index (χ0n) is 17.3. The van der Waals surface area contributed by atoms with E-state index in [-0.39, 0.29) is 23.8 Å². The molecule has 0 saturated carbocycles. The SMILES string of the molecule is CN(C)Cc1ccc(CNC(=O)CCNS(=O)(=O)c2ccc3ccccc3c2)cc1. The van der Waals surface area contributed by atoms with Gasteiger partial charge in [-0.25, -0.2) is 13.1 Å². The van der Waals surface area contributed by atoms with E-state index in [1.807, 2.05) is 62.6 Å². The van der Waals surface area contributed by atoms with Crippen LogP contribution in [0.2, 0.25) is 0 Å². The van der Waals surface area contributed by atoms with Crippen LogP contribution in [0.15, 0.2) is 71.6 Å². The van der Waals surface area contributed by atoms with E-state index < -0.39 is 10.0 Å². The van der Waals surface area contributed by atoms with Crippen molar-refractivity contribution < 1.29 is 13.2 Å². The Labute approximate surface area is 178 Å². The molecule has 3 rings (SSSR count). The summed E-state index contributed by atoms with van der Waals surface area (Å²) in [7, 11) is 0.369. The molecule has 0 aliphatic rings. The Kier molecular flexibility index (Phi) is 7.20. The number of hydrogen-bond acceptors (Lipinski definition) is 4. The van der Waals surface area contributed by atoms with Gasteiger partial charge in [-0.1, -0.05) is 54.6 Å². The number of carbonyl (C=O) groups excluding carboxylic acids is 1. The Balaban J connectivity index is 1.47. The van der Waals surface area contributed by atoms with Crippen molar-refractivity contribution >= 4 is 26.7 Å². The highest BCUT2D eigenvalue weighted by atomic mass is 32.2. The third-order valence-corrected chi connectivity index (χ3v) is 6.15. The first-order valence-electron chi connectivity index (χ1n) is 9.81. The quantitative estimate of drug-likeness (QED) is 0.553. The zero-order valence-corrected chi connectivity index (χ0v) is 18.1. The topological polar surface area (TPSA) is 78.5 Å². The average molecular weight is 426 g/mol. The third-order valence-electron chi connectivity index (χ3n) is 4.69. The van der Waals surface area contributed by atoms with Gasteiger partial charge < -0.3 is 10.2 Å². The van der Waals surface area contributed by atoms with Crippen LogP contribution >= 0.6 is 0 Å². The summed E-state index contributed by atoms with van der Waals surface area (Å²) in [6, 6.07) is 20.6. The molecule has 158 valence electrons. The van der Waals surface area contributed by atoms with E-state index >= 15 is 0 Å². The number of hydrogen-bond donors (Lipinski definition) is 2. The number of fused-ring (bicyclic) bond motifs is 1. The predicted octanol–water partition coefficient (Wildman–Crippen LogP) is 2.89. The van der Waals surface area contributed by atoms with Crippen molar-refractivity contribution in [1.82, 2.24) is 14.9 Å². The normalized spacial score (nSPS) is 11.7. The molecule has 0 radical (unpaired) electrons. The molecule has 0 heterocycles. The van der Waals surface area contributed by atoms with Crippen LogP contribution < -0.4 is 10.0 Å². The van der Waals surface area contributed by atoms with Crippen LogP contribution in [0.4, 0.5) is 0 Å². The van der Waals surface area contributed by atoms with Gasteiger partial charge in [-0.3, -0.25) is 4.79 Å². The molecule has 1 amide bonds. The standard InChI is InChI=1S/C23H27N3O3S/c1-26(2)17-19-9-7-18(8-10-19)16-24-23(27)13-14-25-30(28,29)22-12-11-20-5-3-4-6-21(20)15-22/h3-12,15,25H,13-14,16-17H2,1-2H3,(H,24,27). The molecule has 3 aromatic rings. The van der Waals surface area contributed by atoms with Gasteiger partial charge in [0.1, 0.15) is 0 Å². The first-order chi connectivity index (χ1) is 14.3. The molecule has 3 aromatic carbocycles. The summed E-state index contributed by atoms with van der Waals surface area (Å²) in [6.45, 7) is 1.32. The van der Waals surface area contributed by atoms with Crippen LogP contribution in [0.3, 0.4) is 0 Å². The van der Waals surface area contributed by atoms with Crippen molar-refractivity contribution in [1.29, 1.82) is 0 Å². The Bertz CT molecular complexity index is 1110. The van der Waals surface area contributed by atoms with Gasteiger partial charge in [-0.05, 0) is 48.1 Å². The van der Waals surface area contributed by atoms with Crippen molar-refractivity contribution in [2.24, 2.45) is 0 Å².